The minimum Gasteiger partial charge on any atom is -0.324 e. The number of hydrogen-bond donors (Lipinski definition) is 1. The number of halogens is 4. The van der Waals surface area contributed by atoms with Crippen LogP contribution >= 0.6 is 0 Å². The van der Waals surface area contributed by atoms with Gasteiger partial charge in [-0.25, -0.2) is 4.39 Å². The fourth-order valence-electron chi connectivity index (χ4n) is 2.00. The molecule has 5 heteroatoms. The highest BCUT2D eigenvalue weighted by atomic mass is 19.4. The first-order chi connectivity index (χ1) is 8.71. The van der Waals surface area contributed by atoms with Gasteiger partial charge in [0.1, 0.15) is 5.82 Å². The second kappa shape index (κ2) is 6.37. The molecule has 0 aliphatic heterocycles. The van der Waals surface area contributed by atoms with E-state index in [0.717, 1.165) is 31.0 Å². The van der Waals surface area contributed by atoms with Gasteiger partial charge in [0.25, 0.3) is 0 Å². The summed E-state index contributed by atoms with van der Waals surface area (Å²) in [5, 5.41) is 0. The standard InChI is InChI=1S/C14H19F4N/c1-9(2)4-3-5-13(19)11-8-10(15)6-7-12(11)14(16,17)18/h6-9,13H,3-5,19H2,1-2H3. The summed E-state index contributed by atoms with van der Waals surface area (Å²) < 4.78 is 51.6. The van der Waals surface area contributed by atoms with Crippen LogP contribution in [0.3, 0.4) is 0 Å². The van der Waals surface area contributed by atoms with Crippen molar-refractivity contribution in [2.45, 2.75) is 45.3 Å². The smallest absolute Gasteiger partial charge is 0.324 e. The van der Waals surface area contributed by atoms with E-state index in [9.17, 15) is 17.6 Å². The maximum Gasteiger partial charge on any atom is 0.416 e. The molecule has 0 aliphatic rings. The molecule has 1 nitrogen and oxygen atoms in total. The Kier molecular flexibility index (Phi) is 5.35. The summed E-state index contributed by atoms with van der Waals surface area (Å²) in [5.74, 6) is -0.218. The van der Waals surface area contributed by atoms with E-state index in [1.165, 1.54) is 0 Å². The molecule has 108 valence electrons. The van der Waals surface area contributed by atoms with E-state index in [1.807, 2.05) is 13.8 Å². The van der Waals surface area contributed by atoms with Crippen molar-refractivity contribution >= 4 is 0 Å². The SMILES string of the molecule is CC(C)CCCC(N)c1cc(F)ccc1C(F)(F)F. The maximum absolute atomic E-state index is 13.1. The fourth-order valence-corrected chi connectivity index (χ4v) is 2.00. The minimum atomic E-state index is -4.50. The first-order valence-corrected chi connectivity index (χ1v) is 6.34. The van der Waals surface area contributed by atoms with Crippen LogP contribution in [0.15, 0.2) is 18.2 Å². The van der Waals surface area contributed by atoms with E-state index in [1.54, 1.807) is 0 Å². The molecule has 0 bridgehead atoms. The van der Waals surface area contributed by atoms with Crippen LogP contribution < -0.4 is 5.73 Å². The number of benzene rings is 1. The zero-order valence-electron chi connectivity index (χ0n) is 11.1. The molecule has 0 amide bonds. The zero-order chi connectivity index (χ0) is 14.6. The van der Waals surface area contributed by atoms with Gasteiger partial charge in [-0.05, 0) is 36.1 Å². The van der Waals surface area contributed by atoms with Gasteiger partial charge in [-0.2, -0.15) is 13.2 Å². The van der Waals surface area contributed by atoms with Crippen molar-refractivity contribution < 1.29 is 17.6 Å². The molecule has 1 rings (SSSR count). The Bertz CT molecular complexity index is 412. The van der Waals surface area contributed by atoms with E-state index >= 15 is 0 Å². The Balaban J connectivity index is 2.88. The van der Waals surface area contributed by atoms with E-state index in [4.69, 9.17) is 5.73 Å². The van der Waals surface area contributed by atoms with E-state index in [-0.39, 0.29) is 5.56 Å². The number of rotatable bonds is 5. The molecule has 0 fully saturated rings. The third kappa shape index (κ3) is 4.82. The minimum absolute atomic E-state index is 0.156. The van der Waals surface area contributed by atoms with E-state index in [0.29, 0.717) is 12.3 Å². The summed E-state index contributed by atoms with van der Waals surface area (Å²) >= 11 is 0. The second-order valence-corrected chi connectivity index (χ2v) is 5.16. The van der Waals surface area contributed by atoms with Crippen LogP contribution in [0.5, 0.6) is 0 Å². The first-order valence-electron chi connectivity index (χ1n) is 6.34. The molecule has 0 aromatic heterocycles. The third-order valence-corrected chi connectivity index (χ3v) is 3.02. The van der Waals surface area contributed by atoms with Crippen LogP contribution in [0, 0.1) is 11.7 Å². The molecule has 1 unspecified atom stereocenters. The van der Waals surface area contributed by atoms with E-state index < -0.39 is 23.6 Å². The zero-order valence-corrected chi connectivity index (χ0v) is 11.1. The molecule has 0 radical (unpaired) electrons. The Morgan fingerprint density at radius 2 is 1.79 bits per heavy atom. The normalized spacial score (nSPS) is 13.9. The van der Waals surface area contributed by atoms with Crippen molar-refractivity contribution in [3.05, 3.63) is 35.1 Å². The van der Waals surface area contributed by atoms with Crippen LogP contribution in [0.1, 0.15) is 50.3 Å². The van der Waals surface area contributed by atoms with Gasteiger partial charge in [0.2, 0.25) is 0 Å². The van der Waals surface area contributed by atoms with Crippen LogP contribution in [0.25, 0.3) is 0 Å². The lowest BCUT2D eigenvalue weighted by Crippen LogP contribution is -2.18. The van der Waals surface area contributed by atoms with Crippen molar-refractivity contribution in [1.82, 2.24) is 0 Å². The third-order valence-electron chi connectivity index (χ3n) is 3.02. The van der Waals surface area contributed by atoms with Gasteiger partial charge in [0.05, 0.1) is 5.56 Å². The molecule has 1 aromatic rings. The first kappa shape index (κ1) is 16.0. The molecule has 0 spiro atoms. The highest BCUT2D eigenvalue weighted by Crippen LogP contribution is 2.35. The maximum atomic E-state index is 13.1. The molecule has 0 aliphatic carbocycles. The average Bonchev–Trinajstić information content (AvgIpc) is 2.26. The van der Waals surface area contributed by atoms with Crippen LogP contribution in [-0.4, -0.2) is 0 Å². The molecule has 0 saturated carbocycles. The Labute approximate surface area is 110 Å². The Morgan fingerprint density at radius 3 is 2.32 bits per heavy atom. The highest BCUT2D eigenvalue weighted by Gasteiger charge is 2.34. The van der Waals surface area contributed by atoms with Crippen molar-refractivity contribution in [2.75, 3.05) is 0 Å². The molecule has 0 heterocycles. The molecular formula is C14H19F4N. The second-order valence-electron chi connectivity index (χ2n) is 5.16. The van der Waals surface area contributed by atoms with Gasteiger partial charge in [-0.3, -0.25) is 0 Å². The van der Waals surface area contributed by atoms with Gasteiger partial charge in [0, 0.05) is 6.04 Å². The number of hydrogen-bond acceptors (Lipinski definition) is 1. The quantitative estimate of drug-likeness (QED) is 0.777. The predicted octanol–water partition coefficient (Wildman–Crippen LogP) is 4.67. The summed E-state index contributed by atoms with van der Waals surface area (Å²) in [6, 6.07) is 1.68. The topological polar surface area (TPSA) is 26.0 Å². The molecule has 0 saturated heterocycles. The summed E-state index contributed by atoms with van der Waals surface area (Å²) in [6.45, 7) is 4.07. The molecular weight excluding hydrogens is 258 g/mol. The Morgan fingerprint density at radius 1 is 1.16 bits per heavy atom. The fraction of sp³-hybridized carbons (Fsp3) is 0.571. The highest BCUT2D eigenvalue weighted by molar-refractivity contribution is 5.32. The number of nitrogens with two attached hydrogens (primary N) is 1. The summed E-state index contributed by atoms with van der Waals surface area (Å²) in [4.78, 5) is 0. The summed E-state index contributed by atoms with van der Waals surface area (Å²) in [7, 11) is 0. The molecule has 2 N–H and O–H groups in total. The van der Waals surface area contributed by atoms with Gasteiger partial charge < -0.3 is 5.73 Å². The summed E-state index contributed by atoms with van der Waals surface area (Å²) in [6.07, 6.45) is -2.46. The number of alkyl halides is 3. The Hall–Kier alpha value is -1.10. The molecule has 1 aromatic carbocycles. The van der Waals surface area contributed by atoms with Crippen molar-refractivity contribution in [1.29, 1.82) is 0 Å². The van der Waals surface area contributed by atoms with Gasteiger partial charge in [0.15, 0.2) is 0 Å². The van der Waals surface area contributed by atoms with Gasteiger partial charge in [-0.1, -0.05) is 26.7 Å². The lowest BCUT2D eigenvalue weighted by Gasteiger charge is -2.18. The van der Waals surface area contributed by atoms with Gasteiger partial charge >= 0.3 is 6.18 Å². The van der Waals surface area contributed by atoms with E-state index in [2.05, 4.69) is 0 Å². The molecule has 19 heavy (non-hydrogen) atoms. The van der Waals surface area contributed by atoms with Crippen molar-refractivity contribution in [3.8, 4) is 0 Å². The lowest BCUT2D eigenvalue weighted by atomic mass is 9.95. The lowest BCUT2D eigenvalue weighted by molar-refractivity contribution is -0.138. The average molecular weight is 277 g/mol. The van der Waals surface area contributed by atoms with Crippen LogP contribution in [0.2, 0.25) is 0 Å². The largest absolute Gasteiger partial charge is 0.416 e. The van der Waals surface area contributed by atoms with Crippen LogP contribution in [-0.2, 0) is 6.18 Å². The van der Waals surface area contributed by atoms with Gasteiger partial charge in [-0.15, -0.1) is 0 Å². The van der Waals surface area contributed by atoms with Crippen molar-refractivity contribution in [2.24, 2.45) is 11.7 Å². The van der Waals surface area contributed by atoms with Crippen molar-refractivity contribution in [3.63, 3.8) is 0 Å². The monoisotopic (exact) mass is 277 g/mol. The molecule has 1 atom stereocenters. The summed E-state index contributed by atoms with van der Waals surface area (Å²) in [5.41, 5.74) is 4.78. The van der Waals surface area contributed by atoms with Crippen LogP contribution in [0.4, 0.5) is 17.6 Å². The predicted molar refractivity (Wildman–Crippen MR) is 67.0 cm³/mol.